The molecule has 2 aromatic rings. The molecule has 13 heteroatoms. The third-order valence-corrected chi connectivity index (χ3v) is 6.46. The number of carbonyl (C=O) groups is 3. The Labute approximate surface area is 186 Å². The summed E-state index contributed by atoms with van der Waals surface area (Å²) in [5.41, 5.74) is 4.27. The molecular weight excluding hydrogens is 443 g/mol. The summed E-state index contributed by atoms with van der Waals surface area (Å²) in [5, 5.41) is 7.10. The normalized spacial score (nSPS) is 22.4. The van der Waals surface area contributed by atoms with Crippen molar-refractivity contribution in [2.75, 3.05) is 24.1 Å². The zero-order chi connectivity index (χ0) is 24.3. The van der Waals surface area contributed by atoms with E-state index in [1.54, 1.807) is 20.9 Å². The van der Waals surface area contributed by atoms with Crippen LogP contribution in [0.3, 0.4) is 0 Å². The average Bonchev–Trinajstić information content (AvgIpc) is 3.48. The van der Waals surface area contributed by atoms with E-state index in [9.17, 15) is 27.6 Å². The number of aromatic nitrogens is 3. The second-order valence-corrected chi connectivity index (χ2v) is 8.73. The molecule has 0 aromatic carbocycles. The lowest BCUT2D eigenvalue weighted by Crippen LogP contribution is -2.62. The van der Waals surface area contributed by atoms with Crippen molar-refractivity contribution >= 4 is 40.1 Å². The van der Waals surface area contributed by atoms with E-state index in [0.717, 1.165) is 0 Å². The van der Waals surface area contributed by atoms with Gasteiger partial charge in [-0.15, -0.1) is 0 Å². The summed E-state index contributed by atoms with van der Waals surface area (Å²) >= 11 is 0. The Morgan fingerprint density at radius 1 is 1.12 bits per heavy atom. The summed E-state index contributed by atoms with van der Waals surface area (Å²) in [6, 6.07) is -1.32. The third kappa shape index (κ3) is 3.64. The lowest BCUT2D eigenvalue weighted by Gasteiger charge is -2.45. The van der Waals surface area contributed by atoms with Crippen molar-refractivity contribution in [3.05, 3.63) is 12.4 Å². The minimum Gasteiger partial charge on any atom is -0.382 e. The fourth-order valence-corrected chi connectivity index (χ4v) is 4.32. The van der Waals surface area contributed by atoms with Gasteiger partial charge in [0, 0.05) is 37.6 Å². The SMILES string of the molecule is C[C@@H]1CN(C(=O)C(=O)Nc2cnc(N)c3c2cnn3C)[C@@H](C)CN1C(=O)C1(C(F)(F)F)CC1. The van der Waals surface area contributed by atoms with Gasteiger partial charge in [-0.25, -0.2) is 4.98 Å². The van der Waals surface area contributed by atoms with Gasteiger partial charge in [-0.2, -0.15) is 18.3 Å². The molecule has 4 rings (SSSR count). The number of fused-ring (bicyclic) bond motifs is 1. The van der Waals surface area contributed by atoms with Crippen LogP contribution in [0, 0.1) is 5.41 Å². The first-order valence-corrected chi connectivity index (χ1v) is 10.4. The van der Waals surface area contributed by atoms with E-state index in [1.165, 1.54) is 26.9 Å². The van der Waals surface area contributed by atoms with Crippen LogP contribution in [0.4, 0.5) is 24.7 Å². The molecule has 2 aliphatic rings. The highest BCUT2D eigenvalue weighted by atomic mass is 19.4. The van der Waals surface area contributed by atoms with Crippen molar-refractivity contribution in [3.63, 3.8) is 0 Å². The number of nitrogen functional groups attached to an aromatic ring is 1. The van der Waals surface area contributed by atoms with E-state index < -0.39 is 41.4 Å². The van der Waals surface area contributed by atoms with Gasteiger partial charge in [0.25, 0.3) is 0 Å². The predicted octanol–water partition coefficient (Wildman–Crippen LogP) is 1.28. The predicted molar refractivity (Wildman–Crippen MR) is 112 cm³/mol. The van der Waals surface area contributed by atoms with E-state index >= 15 is 0 Å². The maximum atomic E-state index is 13.4. The summed E-state index contributed by atoms with van der Waals surface area (Å²) in [4.78, 5) is 44.7. The molecule has 33 heavy (non-hydrogen) atoms. The van der Waals surface area contributed by atoms with E-state index in [4.69, 9.17) is 5.73 Å². The van der Waals surface area contributed by atoms with Crippen molar-refractivity contribution in [1.29, 1.82) is 0 Å². The van der Waals surface area contributed by atoms with E-state index in [2.05, 4.69) is 15.4 Å². The monoisotopic (exact) mass is 467 g/mol. The van der Waals surface area contributed by atoms with Crippen LogP contribution in [-0.2, 0) is 21.4 Å². The second-order valence-electron chi connectivity index (χ2n) is 8.73. The molecule has 2 atom stereocenters. The number of halogens is 3. The van der Waals surface area contributed by atoms with Gasteiger partial charge in [0.2, 0.25) is 5.91 Å². The quantitative estimate of drug-likeness (QED) is 0.641. The first-order valence-electron chi connectivity index (χ1n) is 10.4. The number of anilines is 2. The molecule has 1 aliphatic heterocycles. The van der Waals surface area contributed by atoms with Crippen LogP contribution in [-0.4, -0.2) is 73.6 Å². The smallest absolute Gasteiger partial charge is 0.382 e. The minimum absolute atomic E-state index is 0.0601. The second kappa shape index (κ2) is 7.59. The van der Waals surface area contributed by atoms with Crippen molar-refractivity contribution in [2.24, 2.45) is 12.5 Å². The molecule has 3 N–H and O–H groups in total. The van der Waals surface area contributed by atoms with Crippen LogP contribution in [0.25, 0.3) is 10.9 Å². The first kappa shape index (κ1) is 22.8. The van der Waals surface area contributed by atoms with Gasteiger partial charge in [-0.3, -0.25) is 19.1 Å². The zero-order valence-corrected chi connectivity index (χ0v) is 18.3. The lowest BCUT2D eigenvalue weighted by atomic mass is 10.00. The van der Waals surface area contributed by atoms with Gasteiger partial charge in [0.1, 0.15) is 16.7 Å². The van der Waals surface area contributed by atoms with Gasteiger partial charge >= 0.3 is 18.0 Å². The largest absolute Gasteiger partial charge is 0.403 e. The van der Waals surface area contributed by atoms with Gasteiger partial charge in [0.15, 0.2) is 0 Å². The van der Waals surface area contributed by atoms with Gasteiger partial charge < -0.3 is 20.9 Å². The Morgan fingerprint density at radius 2 is 1.73 bits per heavy atom. The van der Waals surface area contributed by atoms with Crippen molar-refractivity contribution < 1.29 is 27.6 Å². The number of amides is 3. The highest BCUT2D eigenvalue weighted by Crippen LogP contribution is 2.58. The maximum Gasteiger partial charge on any atom is 0.403 e. The molecule has 2 fully saturated rings. The molecule has 1 saturated heterocycles. The number of nitrogens with one attached hydrogen (secondary N) is 1. The molecule has 178 valence electrons. The van der Waals surface area contributed by atoms with E-state index in [0.29, 0.717) is 10.9 Å². The lowest BCUT2D eigenvalue weighted by molar-refractivity contribution is -0.201. The van der Waals surface area contributed by atoms with Crippen LogP contribution < -0.4 is 11.1 Å². The summed E-state index contributed by atoms with van der Waals surface area (Å²) in [5.74, 6) is -2.53. The Kier molecular flexibility index (Phi) is 5.25. The van der Waals surface area contributed by atoms with Crippen LogP contribution in [0.5, 0.6) is 0 Å². The molecule has 0 spiro atoms. The molecule has 10 nitrogen and oxygen atoms in total. The van der Waals surface area contributed by atoms with Gasteiger partial charge in [-0.05, 0) is 26.7 Å². The fraction of sp³-hybridized carbons (Fsp3) is 0.550. The average molecular weight is 467 g/mol. The molecule has 0 radical (unpaired) electrons. The number of nitrogens with two attached hydrogens (primary N) is 1. The standard InChI is InChI=1S/C20H24F3N7O3/c1-10-9-30(18(33)19(4-5-19)20(21,22)23)11(2)8-29(10)17(32)16(31)27-13-7-25-15(24)14-12(13)6-26-28(14)3/h6-7,10-11H,4-5,8-9H2,1-3H3,(H2,24,25)(H,27,31)/t10-,11+/m0/s1. The molecule has 3 heterocycles. The topological polar surface area (TPSA) is 126 Å². The number of carbonyl (C=O) groups excluding carboxylic acids is 3. The fourth-order valence-electron chi connectivity index (χ4n) is 4.32. The van der Waals surface area contributed by atoms with Crippen LogP contribution in [0.1, 0.15) is 26.7 Å². The number of hydrogen-bond donors (Lipinski definition) is 2. The molecule has 0 bridgehead atoms. The number of rotatable bonds is 2. The number of alkyl halides is 3. The van der Waals surface area contributed by atoms with E-state index in [1.807, 2.05) is 0 Å². The first-order chi connectivity index (χ1) is 15.4. The van der Waals surface area contributed by atoms with Crippen molar-refractivity contribution in [3.8, 4) is 0 Å². The number of piperazine rings is 1. The third-order valence-electron chi connectivity index (χ3n) is 6.46. The molecule has 3 amide bonds. The number of aryl methyl sites for hydroxylation is 1. The minimum atomic E-state index is -4.61. The number of pyridine rings is 1. The van der Waals surface area contributed by atoms with Crippen LogP contribution >= 0.6 is 0 Å². The number of hydrogen-bond acceptors (Lipinski definition) is 6. The summed E-state index contributed by atoms with van der Waals surface area (Å²) in [6.07, 6.45) is -2.26. The van der Waals surface area contributed by atoms with Crippen LogP contribution in [0.2, 0.25) is 0 Å². The Bertz CT molecular complexity index is 1140. The Hall–Kier alpha value is -3.38. The summed E-state index contributed by atoms with van der Waals surface area (Å²) in [6.45, 7) is 3.01. The Morgan fingerprint density at radius 3 is 2.33 bits per heavy atom. The molecule has 1 saturated carbocycles. The van der Waals surface area contributed by atoms with Crippen molar-refractivity contribution in [1.82, 2.24) is 24.6 Å². The Balaban J connectivity index is 1.47. The number of nitrogens with zero attached hydrogens (tertiary/aromatic N) is 5. The van der Waals surface area contributed by atoms with Crippen LogP contribution in [0.15, 0.2) is 12.4 Å². The molecular formula is C20H24F3N7O3. The molecule has 2 aromatic heterocycles. The van der Waals surface area contributed by atoms with E-state index in [-0.39, 0.29) is 37.4 Å². The molecule has 1 aliphatic carbocycles. The van der Waals surface area contributed by atoms with Gasteiger partial charge in [-0.1, -0.05) is 0 Å². The van der Waals surface area contributed by atoms with Gasteiger partial charge in [0.05, 0.1) is 18.1 Å². The maximum absolute atomic E-state index is 13.4. The summed E-state index contributed by atoms with van der Waals surface area (Å²) in [7, 11) is 1.66. The molecule has 0 unspecified atom stereocenters. The van der Waals surface area contributed by atoms with Crippen molar-refractivity contribution in [2.45, 2.75) is 44.9 Å². The highest BCUT2D eigenvalue weighted by molar-refractivity contribution is 6.40. The highest BCUT2D eigenvalue weighted by Gasteiger charge is 2.69. The summed E-state index contributed by atoms with van der Waals surface area (Å²) < 4.78 is 41.7. The zero-order valence-electron chi connectivity index (χ0n) is 18.3.